The lowest BCUT2D eigenvalue weighted by atomic mass is 9.99. The van der Waals surface area contributed by atoms with Crippen molar-refractivity contribution in [3.8, 4) is 0 Å². The highest BCUT2D eigenvalue weighted by molar-refractivity contribution is 7.99. The second kappa shape index (κ2) is 5.85. The molecule has 2 unspecified atom stereocenters. The third-order valence-electron chi connectivity index (χ3n) is 3.68. The highest BCUT2D eigenvalue weighted by Crippen LogP contribution is 2.24. The van der Waals surface area contributed by atoms with E-state index in [1.807, 2.05) is 25.1 Å². The molecule has 2 atom stereocenters. The van der Waals surface area contributed by atoms with E-state index in [4.69, 9.17) is 0 Å². The summed E-state index contributed by atoms with van der Waals surface area (Å²) in [5.74, 6) is 1.81. The van der Waals surface area contributed by atoms with Crippen LogP contribution in [0.1, 0.15) is 18.5 Å². The van der Waals surface area contributed by atoms with E-state index in [2.05, 4.69) is 34.9 Å². The number of hydrogen-bond acceptors (Lipinski definition) is 3. The lowest BCUT2D eigenvalue weighted by Crippen LogP contribution is -2.42. The van der Waals surface area contributed by atoms with Crippen LogP contribution in [0.4, 0.5) is 0 Å². The largest absolute Gasteiger partial charge is 0.348 e. The van der Waals surface area contributed by atoms with Gasteiger partial charge in [0.1, 0.15) is 0 Å². The summed E-state index contributed by atoms with van der Waals surface area (Å²) in [7, 11) is 0. The van der Waals surface area contributed by atoms with Gasteiger partial charge in [0.15, 0.2) is 0 Å². The number of amides is 1. The highest BCUT2D eigenvalue weighted by atomic mass is 32.2. The maximum atomic E-state index is 12.2. The summed E-state index contributed by atoms with van der Waals surface area (Å²) in [6.07, 6.45) is 0. The number of carbonyl (C=O) groups excluding carboxylic acids is 1. The topological polar surface area (TPSA) is 41.1 Å². The van der Waals surface area contributed by atoms with Gasteiger partial charge in [-0.15, -0.1) is 11.8 Å². The summed E-state index contributed by atoms with van der Waals surface area (Å²) >= 11 is 1.76. The van der Waals surface area contributed by atoms with Crippen LogP contribution in [0.25, 0.3) is 10.8 Å². The van der Waals surface area contributed by atoms with Crippen molar-refractivity contribution in [3.63, 3.8) is 0 Å². The van der Waals surface area contributed by atoms with Crippen LogP contribution in [0.3, 0.4) is 0 Å². The second-order valence-electron chi connectivity index (χ2n) is 5.07. The Hall–Kier alpha value is -1.52. The van der Waals surface area contributed by atoms with Gasteiger partial charge in [0.25, 0.3) is 0 Å². The first-order chi connectivity index (χ1) is 9.75. The molecule has 3 nitrogen and oxygen atoms in total. The predicted octanol–water partition coefficient (Wildman–Crippen LogP) is 2.68. The lowest BCUT2D eigenvalue weighted by molar-refractivity contribution is -0.123. The van der Waals surface area contributed by atoms with E-state index in [0.29, 0.717) is 0 Å². The minimum atomic E-state index is -0.0579. The predicted molar refractivity (Wildman–Crippen MR) is 84.8 cm³/mol. The Morgan fingerprint density at radius 3 is 2.90 bits per heavy atom. The molecule has 1 aliphatic heterocycles. The number of carbonyl (C=O) groups is 1. The maximum absolute atomic E-state index is 12.2. The zero-order valence-electron chi connectivity index (χ0n) is 11.4. The molecule has 104 valence electrons. The quantitative estimate of drug-likeness (QED) is 0.911. The number of rotatable bonds is 3. The van der Waals surface area contributed by atoms with Gasteiger partial charge in [0.05, 0.1) is 12.1 Å². The Morgan fingerprint density at radius 2 is 2.10 bits per heavy atom. The summed E-state index contributed by atoms with van der Waals surface area (Å²) in [6, 6.07) is 14.5. The summed E-state index contributed by atoms with van der Waals surface area (Å²) in [4.78, 5) is 12.2. The van der Waals surface area contributed by atoms with Crippen LogP contribution in [0.5, 0.6) is 0 Å². The maximum Gasteiger partial charge on any atom is 0.238 e. The van der Waals surface area contributed by atoms with Gasteiger partial charge in [-0.1, -0.05) is 42.5 Å². The van der Waals surface area contributed by atoms with E-state index < -0.39 is 0 Å². The third-order valence-corrected chi connectivity index (χ3v) is 4.62. The van der Waals surface area contributed by atoms with E-state index >= 15 is 0 Å². The molecule has 2 N–H and O–H groups in total. The first kappa shape index (κ1) is 13.5. The normalized spacial score (nSPS) is 19.9. The zero-order chi connectivity index (χ0) is 13.9. The lowest BCUT2D eigenvalue weighted by Gasteiger charge is -2.19. The Kier molecular flexibility index (Phi) is 3.94. The third kappa shape index (κ3) is 2.67. The molecule has 1 fully saturated rings. The fourth-order valence-electron chi connectivity index (χ4n) is 2.58. The Morgan fingerprint density at radius 1 is 1.30 bits per heavy atom. The van der Waals surface area contributed by atoms with Crippen molar-refractivity contribution in [2.75, 3.05) is 11.6 Å². The van der Waals surface area contributed by atoms with Crippen LogP contribution in [0.15, 0.2) is 42.5 Å². The van der Waals surface area contributed by atoms with Gasteiger partial charge >= 0.3 is 0 Å². The smallest absolute Gasteiger partial charge is 0.238 e. The Bertz CT molecular complexity index is 617. The molecule has 1 amide bonds. The molecule has 2 aromatic carbocycles. The standard InChI is InChI=1S/C16H18N2OS/c1-11(18-16(19)15-9-20-10-17-15)13-8-4-6-12-5-2-3-7-14(12)13/h2-8,11,15,17H,9-10H2,1H3,(H,18,19). The number of fused-ring (bicyclic) bond motifs is 1. The molecular weight excluding hydrogens is 268 g/mol. The molecule has 20 heavy (non-hydrogen) atoms. The van der Waals surface area contributed by atoms with Crippen molar-refractivity contribution in [2.45, 2.75) is 19.0 Å². The molecule has 3 rings (SSSR count). The van der Waals surface area contributed by atoms with Gasteiger partial charge in [-0.2, -0.15) is 0 Å². The number of nitrogens with one attached hydrogen (secondary N) is 2. The molecule has 1 saturated heterocycles. The monoisotopic (exact) mass is 286 g/mol. The van der Waals surface area contributed by atoms with Gasteiger partial charge < -0.3 is 5.32 Å². The van der Waals surface area contributed by atoms with E-state index in [1.165, 1.54) is 16.3 Å². The minimum Gasteiger partial charge on any atom is -0.348 e. The molecule has 4 heteroatoms. The van der Waals surface area contributed by atoms with Crippen molar-refractivity contribution < 1.29 is 4.79 Å². The molecule has 2 aromatic rings. The van der Waals surface area contributed by atoms with E-state index in [-0.39, 0.29) is 18.0 Å². The van der Waals surface area contributed by atoms with E-state index in [9.17, 15) is 4.79 Å². The SMILES string of the molecule is CC(NC(=O)C1CSCN1)c1cccc2ccccc12. The van der Waals surface area contributed by atoms with Crippen LogP contribution in [-0.4, -0.2) is 23.6 Å². The molecule has 1 aliphatic rings. The van der Waals surface area contributed by atoms with E-state index in [0.717, 1.165) is 11.6 Å². The highest BCUT2D eigenvalue weighted by Gasteiger charge is 2.24. The first-order valence-electron chi connectivity index (χ1n) is 6.85. The second-order valence-corrected chi connectivity index (χ2v) is 6.10. The summed E-state index contributed by atoms with van der Waals surface area (Å²) in [5.41, 5.74) is 1.17. The molecule has 0 spiro atoms. The van der Waals surface area contributed by atoms with Gasteiger partial charge in [-0.25, -0.2) is 0 Å². The summed E-state index contributed by atoms with van der Waals surface area (Å²) in [6.45, 7) is 2.04. The fraction of sp³-hybridized carbons (Fsp3) is 0.312. The van der Waals surface area contributed by atoms with Crippen LogP contribution < -0.4 is 10.6 Å². The molecule has 0 bridgehead atoms. The molecule has 1 heterocycles. The van der Waals surface area contributed by atoms with Crippen molar-refractivity contribution in [1.29, 1.82) is 0 Å². The van der Waals surface area contributed by atoms with Gasteiger partial charge in [-0.3, -0.25) is 10.1 Å². The van der Waals surface area contributed by atoms with Crippen molar-refractivity contribution in [1.82, 2.24) is 10.6 Å². The van der Waals surface area contributed by atoms with Gasteiger partial charge in [-0.05, 0) is 23.3 Å². The molecular formula is C16H18N2OS. The fourth-order valence-corrected chi connectivity index (χ4v) is 3.53. The van der Waals surface area contributed by atoms with Crippen molar-refractivity contribution in [2.24, 2.45) is 0 Å². The Balaban J connectivity index is 1.81. The van der Waals surface area contributed by atoms with E-state index in [1.54, 1.807) is 11.8 Å². The Labute approximate surface area is 123 Å². The van der Waals surface area contributed by atoms with Crippen LogP contribution in [-0.2, 0) is 4.79 Å². The van der Waals surface area contributed by atoms with Gasteiger partial charge in [0.2, 0.25) is 5.91 Å². The van der Waals surface area contributed by atoms with Crippen LogP contribution in [0.2, 0.25) is 0 Å². The summed E-state index contributed by atoms with van der Waals surface area (Å²) < 4.78 is 0. The summed E-state index contributed by atoms with van der Waals surface area (Å²) in [5, 5.41) is 8.73. The number of benzene rings is 2. The number of thioether (sulfide) groups is 1. The molecule has 0 aromatic heterocycles. The minimum absolute atomic E-state index is 0.0148. The molecule has 0 aliphatic carbocycles. The number of hydrogen-bond donors (Lipinski definition) is 2. The molecule has 0 radical (unpaired) electrons. The zero-order valence-corrected chi connectivity index (χ0v) is 12.2. The van der Waals surface area contributed by atoms with Crippen molar-refractivity contribution in [3.05, 3.63) is 48.0 Å². The van der Waals surface area contributed by atoms with Crippen molar-refractivity contribution >= 4 is 28.4 Å². The molecule has 0 saturated carbocycles. The average molecular weight is 286 g/mol. The average Bonchev–Trinajstić information content (AvgIpc) is 3.01. The van der Waals surface area contributed by atoms with Crippen LogP contribution >= 0.6 is 11.8 Å². The van der Waals surface area contributed by atoms with Gasteiger partial charge in [0, 0.05) is 11.6 Å². The van der Waals surface area contributed by atoms with Crippen LogP contribution in [0, 0.1) is 0 Å². The first-order valence-corrected chi connectivity index (χ1v) is 8.00.